The number of esters is 1. The Hall–Kier alpha value is -2.19. The Bertz CT molecular complexity index is 1190. The van der Waals surface area contributed by atoms with Gasteiger partial charge in [0.15, 0.2) is 30.8 Å². The number of fused-ring (bicyclic) bond motifs is 2. The van der Waals surface area contributed by atoms with Gasteiger partial charge in [-0.2, -0.15) is 0 Å². The lowest BCUT2D eigenvalue weighted by Gasteiger charge is -2.49. The van der Waals surface area contributed by atoms with E-state index in [9.17, 15) is 9.90 Å². The first-order valence-electron chi connectivity index (χ1n) is 18.0. The van der Waals surface area contributed by atoms with Crippen LogP contribution >= 0.6 is 0 Å². The van der Waals surface area contributed by atoms with Gasteiger partial charge in [0.25, 0.3) is 0 Å². The van der Waals surface area contributed by atoms with Gasteiger partial charge in [0, 0.05) is 12.0 Å². The third-order valence-corrected chi connectivity index (χ3v) is 9.45. The number of carbonyl (C=O) groups is 1. The number of rotatable bonds is 17. The summed E-state index contributed by atoms with van der Waals surface area (Å²) in [5.41, 5.74) is 0.799. The highest BCUT2D eigenvalue weighted by Crippen LogP contribution is 2.42. The molecule has 12 atom stereocenters. The third kappa shape index (κ3) is 9.78. The van der Waals surface area contributed by atoms with Crippen LogP contribution in [0.2, 0.25) is 0 Å². The maximum Gasteiger partial charge on any atom is 0.306 e. The molecular formula is C38H56O11. The topological polar surface area (TPSA) is 120 Å². The Morgan fingerprint density at radius 3 is 2.43 bits per heavy atom. The summed E-state index contributed by atoms with van der Waals surface area (Å²) in [7, 11) is 0. The second-order valence-electron chi connectivity index (χ2n) is 13.8. The summed E-state index contributed by atoms with van der Waals surface area (Å²) in [6.45, 7) is 15.5. The molecule has 4 aliphatic rings. The van der Waals surface area contributed by atoms with E-state index in [0.717, 1.165) is 50.5 Å². The van der Waals surface area contributed by atoms with E-state index in [-0.39, 0.29) is 25.2 Å². The molecule has 4 saturated heterocycles. The zero-order chi connectivity index (χ0) is 35.0. The van der Waals surface area contributed by atoms with Crippen LogP contribution in [0.25, 0.3) is 0 Å². The van der Waals surface area contributed by atoms with E-state index in [1.807, 2.05) is 57.2 Å². The van der Waals surface area contributed by atoms with Crippen LogP contribution in [-0.2, 0) is 47.4 Å². The fourth-order valence-electron chi connectivity index (χ4n) is 6.96. The molecule has 4 heterocycles. The lowest BCUT2D eigenvalue weighted by atomic mass is 9.96. The highest BCUT2D eigenvalue weighted by atomic mass is 16.8. The standard InChI is InChI=1S/C38H56O11/c1-7-10-14-20-26(21-15-11-8-2)43-37-34(33-30(24(4)42-37)48-38(5,6)49-33)47-36-29(40)32(45-28(39)22-12-9-3)31-27(44-36)23-41-35(46-31)25-18-16-13-17-19-25/h7,9,13,16-19,24,26-27,29-37,40H,1,3,8,10-12,14-15,20-23H2,2,4-6H3/t24-,26-,27-,29-,30+,31-,32-,33+,34-,35?,36+,37+/m1/s1. The van der Waals surface area contributed by atoms with Crippen molar-refractivity contribution in [2.75, 3.05) is 6.61 Å². The molecule has 0 spiro atoms. The summed E-state index contributed by atoms with van der Waals surface area (Å²) >= 11 is 0. The van der Waals surface area contributed by atoms with E-state index in [1.54, 1.807) is 6.08 Å². The molecule has 49 heavy (non-hydrogen) atoms. The number of aliphatic hydroxyl groups is 1. The van der Waals surface area contributed by atoms with E-state index >= 15 is 0 Å². The molecule has 11 nitrogen and oxygen atoms in total. The molecule has 1 N–H and O–H groups in total. The predicted octanol–water partition coefficient (Wildman–Crippen LogP) is 6.04. The first-order chi connectivity index (χ1) is 23.6. The molecule has 274 valence electrons. The minimum Gasteiger partial charge on any atom is -0.456 e. The Balaban J connectivity index is 1.39. The lowest BCUT2D eigenvalue weighted by molar-refractivity contribution is -0.388. The van der Waals surface area contributed by atoms with Crippen molar-refractivity contribution in [3.8, 4) is 0 Å². The molecule has 1 aromatic carbocycles. The fourth-order valence-corrected chi connectivity index (χ4v) is 6.96. The van der Waals surface area contributed by atoms with Gasteiger partial charge in [-0.3, -0.25) is 4.79 Å². The number of carbonyl (C=O) groups excluding carboxylic acids is 1. The zero-order valence-electron chi connectivity index (χ0n) is 29.5. The average molecular weight is 689 g/mol. The molecule has 0 radical (unpaired) electrons. The molecular weight excluding hydrogens is 632 g/mol. The van der Waals surface area contributed by atoms with Crippen molar-refractivity contribution < 1.29 is 52.5 Å². The van der Waals surface area contributed by atoms with E-state index in [0.29, 0.717) is 6.42 Å². The van der Waals surface area contributed by atoms with E-state index in [1.165, 1.54) is 0 Å². The maximum absolute atomic E-state index is 13.0. The molecule has 5 rings (SSSR count). The van der Waals surface area contributed by atoms with E-state index < -0.39 is 73.4 Å². The van der Waals surface area contributed by atoms with Crippen LogP contribution in [-0.4, -0.2) is 91.0 Å². The van der Waals surface area contributed by atoms with Gasteiger partial charge in [0.2, 0.25) is 0 Å². The molecule has 11 heteroatoms. The molecule has 0 amide bonds. The van der Waals surface area contributed by atoms with Crippen LogP contribution in [0.15, 0.2) is 55.6 Å². The summed E-state index contributed by atoms with van der Waals surface area (Å²) in [4.78, 5) is 13.0. The second-order valence-corrected chi connectivity index (χ2v) is 13.8. The Morgan fingerprint density at radius 2 is 1.69 bits per heavy atom. The Labute approximate surface area is 291 Å². The van der Waals surface area contributed by atoms with Crippen LogP contribution in [0.1, 0.15) is 97.3 Å². The number of allylic oxidation sites excluding steroid dienone is 2. The Kier molecular flexibility index (Phi) is 13.9. The predicted molar refractivity (Wildman–Crippen MR) is 180 cm³/mol. The summed E-state index contributed by atoms with van der Waals surface area (Å²) in [5, 5.41) is 11.8. The maximum atomic E-state index is 13.0. The summed E-state index contributed by atoms with van der Waals surface area (Å²) < 4.78 is 57.2. The van der Waals surface area contributed by atoms with Crippen LogP contribution in [0.5, 0.6) is 0 Å². The van der Waals surface area contributed by atoms with Crippen LogP contribution in [0.3, 0.4) is 0 Å². The monoisotopic (exact) mass is 688 g/mol. The summed E-state index contributed by atoms with van der Waals surface area (Å²) in [5.74, 6) is -1.39. The quantitative estimate of drug-likeness (QED) is 0.117. The smallest absolute Gasteiger partial charge is 0.306 e. The third-order valence-electron chi connectivity index (χ3n) is 9.45. The number of aliphatic hydroxyl groups excluding tert-OH is 1. The lowest BCUT2D eigenvalue weighted by Crippen LogP contribution is -2.66. The molecule has 0 aromatic heterocycles. The van der Waals surface area contributed by atoms with Crippen molar-refractivity contribution in [2.45, 2.75) is 165 Å². The van der Waals surface area contributed by atoms with Crippen LogP contribution < -0.4 is 0 Å². The number of benzene rings is 1. The van der Waals surface area contributed by atoms with Gasteiger partial charge in [-0.1, -0.05) is 68.7 Å². The number of unbranched alkanes of at least 4 members (excludes halogenated alkanes) is 3. The van der Waals surface area contributed by atoms with Gasteiger partial charge in [-0.25, -0.2) is 0 Å². The van der Waals surface area contributed by atoms with E-state index in [4.69, 9.17) is 42.6 Å². The highest BCUT2D eigenvalue weighted by Gasteiger charge is 2.58. The number of hydrogen-bond donors (Lipinski definition) is 1. The van der Waals surface area contributed by atoms with Crippen molar-refractivity contribution in [1.82, 2.24) is 0 Å². The van der Waals surface area contributed by atoms with Gasteiger partial charge >= 0.3 is 5.97 Å². The molecule has 4 fully saturated rings. The fraction of sp³-hybridized carbons (Fsp3) is 0.711. The SMILES string of the molecule is C=CCCC[C@H](CCCCC)O[C@@H]1O[C@H](C)[C@@H]2OC(C)(C)O[C@@H]2[C@H]1O[C@@H]1O[C@@H]2COC(c3ccccc3)O[C@H]2[C@H](OC(=O)CCC=C)[C@H]1O. The number of ether oxygens (including phenoxy) is 9. The van der Waals surface area contributed by atoms with Crippen molar-refractivity contribution in [2.24, 2.45) is 0 Å². The molecule has 0 aliphatic carbocycles. The highest BCUT2D eigenvalue weighted by molar-refractivity contribution is 5.69. The molecule has 0 saturated carbocycles. The van der Waals surface area contributed by atoms with Crippen molar-refractivity contribution in [3.63, 3.8) is 0 Å². The van der Waals surface area contributed by atoms with Gasteiger partial charge in [0.05, 0.1) is 18.8 Å². The summed E-state index contributed by atoms with van der Waals surface area (Å²) in [6, 6.07) is 9.46. The van der Waals surface area contributed by atoms with Crippen LogP contribution in [0.4, 0.5) is 0 Å². The largest absolute Gasteiger partial charge is 0.456 e. The Morgan fingerprint density at radius 1 is 0.959 bits per heavy atom. The molecule has 1 aromatic rings. The van der Waals surface area contributed by atoms with Gasteiger partial charge < -0.3 is 47.7 Å². The first-order valence-corrected chi connectivity index (χ1v) is 18.0. The van der Waals surface area contributed by atoms with Gasteiger partial charge in [0.1, 0.15) is 36.6 Å². The normalized spacial score (nSPS) is 35.9. The first kappa shape index (κ1) is 38.1. The second kappa shape index (κ2) is 17.8. The minimum absolute atomic E-state index is 0.0862. The molecule has 4 aliphatic heterocycles. The number of hydrogen-bond acceptors (Lipinski definition) is 11. The van der Waals surface area contributed by atoms with Crippen molar-refractivity contribution >= 4 is 5.97 Å². The average Bonchev–Trinajstić information content (AvgIpc) is 3.43. The van der Waals surface area contributed by atoms with Crippen molar-refractivity contribution in [3.05, 3.63) is 61.2 Å². The van der Waals surface area contributed by atoms with Crippen LogP contribution in [0, 0.1) is 0 Å². The minimum atomic E-state index is -1.41. The van der Waals surface area contributed by atoms with Crippen molar-refractivity contribution in [1.29, 1.82) is 0 Å². The van der Waals surface area contributed by atoms with E-state index in [2.05, 4.69) is 20.1 Å². The summed E-state index contributed by atoms with van der Waals surface area (Å²) in [6.07, 6.45) is 1.68. The zero-order valence-corrected chi connectivity index (χ0v) is 29.5. The molecule has 0 bridgehead atoms. The molecule has 1 unspecified atom stereocenters. The van der Waals surface area contributed by atoms with Gasteiger partial charge in [-0.15, -0.1) is 13.2 Å². The van der Waals surface area contributed by atoms with Gasteiger partial charge in [-0.05, 0) is 52.9 Å².